The number of pyridine rings is 1. The number of thiophene rings is 1. The Labute approximate surface area is 124 Å². The molecule has 5 nitrogen and oxygen atoms in total. The minimum atomic E-state index is -0.141. The number of nitrogens with one attached hydrogen (secondary N) is 1. The molecule has 0 aliphatic carbocycles. The topological polar surface area (TPSA) is 67.8 Å². The van der Waals surface area contributed by atoms with Crippen LogP contribution in [0, 0.1) is 20.8 Å². The average molecular weight is 301 g/mol. The molecule has 0 saturated carbocycles. The average Bonchev–Trinajstić information content (AvgIpc) is 2.71. The fourth-order valence-corrected chi connectivity index (χ4v) is 3.37. The Balaban J connectivity index is 2.12. The van der Waals surface area contributed by atoms with Crippen molar-refractivity contribution in [3.63, 3.8) is 0 Å². The number of hydrogen-bond donors (Lipinski definition) is 1. The highest BCUT2D eigenvalue weighted by Crippen LogP contribution is 2.25. The standard InChI is InChI=1S/C15H15N3O2S/c1-8-5-4-6-18(15(8)20)7-11-16-13(19)12-9(2)10(3)21-14(12)17-11/h4-6H,7H2,1-3H3,(H,16,17,19). The van der Waals surface area contributed by atoms with Crippen molar-refractivity contribution in [2.45, 2.75) is 27.3 Å². The summed E-state index contributed by atoms with van der Waals surface area (Å²) in [5.74, 6) is 0.501. The van der Waals surface area contributed by atoms with Gasteiger partial charge in [-0.1, -0.05) is 6.07 Å². The summed E-state index contributed by atoms with van der Waals surface area (Å²) < 4.78 is 1.55. The summed E-state index contributed by atoms with van der Waals surface area (Å²) in [6, 6.07) is 3.58. The van der Waals surface area contributed by atoms with Crippen molar-refractivity contribution < 1.29 is 0 Å². The van der Waals surface area contributed by atoms with Crippen LogP contribution in [0.15, 0.2) is 27.9 Å². The van der Waals surface area contributed by atoms with E-state index >= 15 is 0 Å². The second-order valence-corrected chi connectivity index (χ2v) is 6.30. The molecule has 0 saturated heterocycles. The molecule has 3 rings (SSSR count). The van der Waals surface area contributed by atoms with Crippen LogP contribution < -0.4 is 11.1 Å². The normalized spacial score (nSPS) is 11.2. The first-order valence-corrected chi connectivity index (χ1v) is 7.44. The van der Waals surface area contributed by atoms with E-state index in [9.17, 15) is 9.59 Å². The van der Waals surface area contributed by atoms with Crippen LogP contribution in [0.3, 0.4) is 0 Å². The van der Waals surface area contributed by atoms with E-state index in [0.29, 0.717) is 16.8 Å². The molecule has 0 aromatic carbocycles. The summed E-state index contributed by atoms with van der Waals surface area (Å²) in [4.78, 5) is 33.3. The molecule has 0 spiro atoms. The number of nitrogens with zero attached hydrogens (tertiary/aromatic N) is 2. The Morgan fingerprint density at radius 1 is 1.29 bits per heavy atom. The molecule has 3 heterocycles. The third-order valence-corrected chi connectivity index (χ3v) is 4.72. The van der Waals surface area contributed by atoms with Crippen molar-refractivity contribution in [2.24, 2.45) is 0 Å². The molecule has 0 bridgehead atoms. The molecule has 1 N–H and O–H groups in total. The Morgan fingerprint density at radius 3 is 2.81 bits per heavy atom. The molecule has 0 unspecified atom stereocenters. The van der Waals surface area contributed by atoms with Gasteiger partial charge in [0.25, 0.3) is 11.1 Å². The van der Waals surface area contributed by atoms with Gasteiger partial charge in [0.2, 0.25) is 0 Å². The maximum atomic E-state index is 12.2. The Hall–Kier alpha value is -2.21. The lowest BCUT2D eigenvalue weighted by Crippen LogP contribution is -2.24. The molecule has 21 heavy (non-hydrogen) atoms. The molecule has 0 aliphatic rings. The first kappa shape index (κ1) is 13.8. The summed E-state index contributed by atoms with van der Waals surface area (Å²) in [6.07, 6.45) is 1.70. The van der Waals surface area contributed by atoms with Crippen LogP contribution >= 0.6 is 11.3 Å². The third kappa shape index (κ3) is 2.31. The van der Waals surface area contributed by atoms with Gasteiger partial charge < -0.3 is 9.55 Å². The van der Waals surface area contributed by atoms with E-state index in [1.54, 1.807) is 23.8 Å². The molecule has 3 aromatic heterocycles. The molecule has 108 valence electrons. The van der Waals surface area contributed by atoms with Crippen molar-refractivity contribution in [3.8, 4) is 0 Å². The first-order chi connectivity index (χ1) is 9.97. The molecule has 0 amide bonds. The van der Waals surface area contributed by atoms with Gasteiger partial charge >= 0.3 is 0 Å². The smallest absolute Gasteiger partial charge is 0.259 e. The fraction of sp³-hybridized carbons (Fsp3) is 0.267. The minimum absolute atomic E-state index is 0.0706. The van der Waals surface area contributed by atoms with Crippen molar-refractivity contribution in [2.75, 3.05) is 0 Å². The van der Waals surface area contributed by atoms with Gasteiger partial charge in [0.15, 0.2) is 0 Å². The molecule has 3 aromatic rings. The number of aromatic nitrogens is 3. The summed E-state index contributed by atoms with van der Waals surface area (Å²) in [5.41, 5.74) is 1.43. The third-order valence-electron chi connectivity index (χ3n) is 3.62. The number of aryl methyl sites for hydroxylation is 3. The maximum absolute atomic E-state index is 12.2. The quantitative estimate of drug-likeness (QED) is 0.788. The van der Waals surface area contributed by atoms with Gasteiger partial charge in [0.1, 0.15) is 10.7 Å². The van der Waals surface area contributed by atoms with E-state index in [1.165, 1.54) is 11.3 Å². The van der Waals surface area contributed by atoms with Crippen molar-refractivity contribution >= 4 is 21.6 Å². The number of fused-ring (bicyclic) bond motifs is 1. The van der Waals surface area contributed by atoms with Crippen LogP contribution in [-0.2, 0) is 6.54 Å². The second-order valence-electron chi connectivity index (χ2n) is 5.10. The zero-order valence-corrected chi connectivity index (χ0v) is 12.9. The van der Waals surface area contributed by atoms with E-state index in [0.717, 1.165) is 15.3 Å². The first-order valence-electron chi connectivity index (χ1n) is 6.62. The zero-order valence-electron chi connectivity index (χ0n) is 12.1. The molecular formula is C15H15N3O2S. The number of aromatic amines is 1. The second kappa shape index (κ2) is 4.96. The van der Waals surface area contributed by atoms with E-state index in [2.05, 4.69) is 9.97 Å². The van der Waals surface area contributed by atoms with Crippen molar-refractivity contribution in [1.29, 1.82) is 0 Å². The van der Waals surface area contributed by atoms with E-state index < -0.39 is 0 Å². The van der Waals surface area contributed by atoms with Gasteiger partial charge in [-0.05, 0) is 32.4 Å². The minimum Gasteiger partial charge on any atom is -0.308 e. The summed E-state index contributed by atoms with van der Waals surface area (Å²) in [7, 11) is 0. The SMILES string of the molecule is Cc1sc2nc(Cn3cccc(C)c3=O)[nH]c(=O)c2c1C. The van der Waals surface area contributed by atoms with Crippen LogP contribution in [0.4, 0.5) is 0 Å². The summed E-state index contributed by atoms with van der Waals surface area (Å²) in [6.45, 7) is 5.94. The van der Waals surface area contributed by atoms with Gasteiger partial charge in [0, 0.05) is 16.6 Å². The largest absolute Gasteiger partial charge is 0.308 e. The fourth-order valence-electron chi connectivity index (χ4n) is 2.32. The van der Waals surface area contributed by atoms with E-state index in [-0.39, 0.29) is 17.7 Å². The van der Waals surface area contributed by atoms with Crippen LogP contribution in [-0.4, -0.2) is 14.5 Å². The van der Waals surface area contributed by atoms with Crippen molar-refractivity contribution in [1.82, 2.24) is 14.5 Å². The van der Waals surface area contributed by atoms with Crippen molar-refractivity contribution in [3.05, 3.63) is 60.9 Å². The van der Waals surface area contributed by atoms with Crippen LogP contribution in [0.2, 0.25) is 0 Å². The Morgan fingerprint density at radius 2 is 2.05 bits per heavy atom. The molecule has 0 aliphatic heterocycles. The number of hydrogen-bond acceptors (Lipinski definition) is 4. The predicted octanol–water partition coefficient (Wildman–Crippen LogP) is 2.12. The highest BCUT2D eigenvalue weighted by atomic mass is 32.1. The molecule has 0 atom stereocenters. The lowest BCUT2D eigenvalue weighted by atomic mass is 10.2. The lowest BCUT2D eigenvalue weighted by molar-refractivity contribution is 0.711. The van der Waals surface area contributed by atoms with Gasteiger partial charge in [-0.3, -0.25) is 9.59 Å². The monoisotopic (exact) mass is 301 g/mol. The van der Waals surface area contributed by atoms with Crippen LogP contribution in [0.5, 0.6) is 0 Å². The maximum Gasteiger partial charge on any atom is 0.259 e. The predicted molar refractivity (Wildman–Crippen MR) is 84.3 cm³/mol. The highest BCUT2D eigenvalue weighted by Gasteiger charge is 2.12. The zero-order chi connectivity index (χ0) is 15.1. The van der Waals surface area contributed by atoms with E-state index in [4.69, 9.17) is 0 Å². The Bertz CT molecular complexity index is 950. The van der Waals surface area contributed by atoms with Crippen LogP contribution in [0.25, 0.3) is 10.2 Å². The lowest BCUT2D eigenvalue weighted by Gasteiger charge is -2.05. The number of H-pyrrole nitrogens is 1. The molecular weight excluding hydrogens is 286 g/mol. The van der Waals surface area contributed by atoms with Gasteiger partial charge in [-0.2, -0.15) is 0 Å². The van der Waals surface area contributed by atoms with Gasteiger partial charge in [-0.25, -0.2) is 4.98 Å². The van der Waals surface area contributed by atoms with E-state index in [1.807, 2.05) is 19.9 Å². The van der Waals surface area contributed by atoms with Gasteiger partial charge in [0.05, 0.1) is 11.9 Å². The summed E-state index contributed by atoms with van der Waals surface area (Å²) in [5, 5.41) is 0.651. The summed E-state index contributed by atoms with van der Waals surface area (Å²) >= 11 is 1.51. The molecule has 0 radical (unpaired) electrons. The molecule has 0 fully saturated rings. The highest BCUT2D eigenvalue weighted by molar-refractivity contribution is 7.18. The van der Waals surface area contributed by atoms with Gasteiger partial charge in [-0.15, -0.1) is 11.3 Å². The Kier molecular flexibility index (Phi) is 3.25. The van der Waals surface area contributed by atoms with Crippen LogP contribution in [0.1, 0.15) is 21.8 Å². The number of rotatable bonds is 2. The molecule has 6 heteroatoms.